The number of benzene rings is 1. The Hall–Kier alpha value is -1.82. The summed E-state index contributed by atoms with van der Waals surface area (Å²) in [6, 6.07) is 8.16. The lowest BCUT2D eigenvalue weighted by atomic mass is 10.0. The molecule has 0 amide bonds. The van der Waals surface area contributed by atoms with Crippen LogP contribution in [0.5, 0.6) is 11.5 Å². The molecule has 1 aromatic carbocycles. The van der Waals surface area contributed by atoms with Gasteiger partial charge in [0.25, 0.3) is 0 Å². The standard InChI is InChI=1S/C21H26ClN3O2/c1-24-7-2-3-18(24)6-8-25-9-10-27-21-16(14-25)11-15(12-20(21)26)19-5-4-17(22)13-23-19/h4-5,11-13,18,26H,2-3,6-10,14H2,1H3/t18-/m1/s1. The molecule has 0 spiro atoms. The number of pyridine rings is 1. The average Bonchev–Trinajstić information content (AvgIpc) is 2.94. The number of aromatic nitrogens is 1. The van der Waals surface area contributed by atoms with Crippen molar-refractivity contribution in [3.05, 3.63) is 41.0 Å². The Morgan fingerprint density at radius 1 is 1.30 bits per heavy atom. The molecule has 2 aliphatic rings. The Balaban J connectivity index is 1.52. The minimum atomic E-state index is 0.177. The molecule has 0 saturated carbocycles. The van der Waals surface area contributed by atoms with Gasteiger partial charge in [-0.05, 0) is 57.1 Å². The molecule has 0 radical (unpaired) electrons. The van der Waals surface area contributed by atoms with Gasteiger partial charge < -0.3 is 14.7 Å². The maximum Gasteiger partial charge on any atom is 0.165 e. The maximum absolute atomic E-state index is 10.5. The molecule has 6 heteroatoms. The molecule has 1 fully saturated rings. The predicted molar refractivity (Wildman–Crippen MR) is 107 cm³/mol. The number of likely N-dealkylation sites (tertiary alicyclic amines) is 1. The number of rotatable bonds is 4. The molecule has 0 unspecified atom stereocenters. The lowest BCUT2D eigenvalue weighted by molar-refractivity contribution is 0.197. The number of fused-ring (bicyclic) bond motifs is 1. The van der Waals surface area contributed by atoms with Gasteiger partial charge in [0.15, 0.2) is 11.5 Å². The lowest BCUT2D eigenvalue weighted by Gasteiger charge is -2.24. The van der Waals surface area contributed by atoms with E-state index in [4.69, 9.17) is 16.3 Å². The molecule has 2 aliphatic heterocycles. The first-order chi connectivity index (χ1) is 13.1. The van der Waals surface area contributed by atoms with Crippen LogP contribution in [0.4, 0.5) is 0 Å². The third kappa shape index (κ3) is 4.21. The number of nitrogens with zero attached hydrogens (tertiary/aromatic N) is 3. The number of hydrogen-bond acceptors (Lipinski definition) is 5. The van der Waals surface area contributed by atoms with Crippen LogP contribution in [0.2, 0.25) is 5.02 Å². The van der Waals surface area contributed by atoms with Crippen molar-refractivity contribution >= 4 is 11.6 Å². The summed E-state index contributed by atoms with van der Waals surface area (Å²) in [6.07, 6.45) is 5.40. The summed E-state index contributed by atoms with van der Waals surface area (Å²) >= 11 is 5.94. The first-order valence-corrected chi connectivity index (χ1v) is 10.0. The fraction of sp³-hybridized carbons (Fsp3) is 0.476. The Labute approximate surface area is 165 Å². The van der Waals surface area contributed by atoms with E-state index >= 15 is 0 Å². The van der Waals surface area contributed by atoms with Crippen molar-refractivity contribution in [3.8, 4) is 22.8 Å². The van der Waals surface area contributed by atoms with E-state index in [1.807, 2.05) is 12.1 Å². The van der Waals surface area contributed by atoms with Crippen molar-refractivity contribution in [1.29, 1.82) is 0 Å². The summed E-state index contributed by atoms with van der Waals surface area (Å²) in [5, 5.41) is 11.1. The molecular weight excluding hydrogens is 362 g/mol. The highest BCUT2D eigenvalue weighted by Gasteiger charge is 2.24. The maximum atomic E-state index is 10.5. The Morgan fingerprint density at radius 2 is 2.19 bits per heavy atom. The van der Waals surface area contributed by atoms with Crippen LogP contribution in [0.1, 0.15) is 24.8 Å². The summed E-state index contributed by atoms with van der Waals surface area (Å²) in [5.41, 5.74) is 2.68. The van der Waals surface area contributed by atoms with E-state index in [0.29, 0.717) is 23.4 Å². The Bertz CT molecular complexity index is 797. The zero-order chi connectivity index (χ0) is 18.8. The Morgan fingerprint density at radius 3 is 2.93 bits per heavy atom. The van der Waals surface area contributed by atoms with E-state index in [2.05, 4.69) is 27.9 Å². The number of halogens is 1. The number of aromatic hydroxyl groups is 1. The number of ether oxygens (including phenoxy) is 1. The zero-order valence-electron chi connectivity index (χ0n) is 15.7. The van der Waals surface area contributed by atoms with Crippen LogP contribution < -0.4 is 4.74 Å². The molecule has 1 atom stereocenters. The fourth-order valence-corrected chi connectivity index (χ4v) is 4.23. The molecule has 4 rings (SSSR count). The van der Waals surface area contributed by atoms with Gasteiger partial charge in [0.05, 0.1) is 10.7 Å². The average molecular weight is 388 g/mol. The van der Waals surface area contributed by atoms with E-state index in [-0.39, 0.29) is 5.75 Å². The fourth-order valence-electron chi connectivity index (χ4n) is 4.11. The summed E-state index contributed by atoms with van der Waals surface area (Å²) in [7, 11) is 2.22. The van der Waals surface area contributed by atoms with E-state index in [0.717, 1.165) is 36.5 Å². The van der Waals surface area contributed by atoms with Gasteiger partial charge in [-0.15, -0.1) is 0 Å². The van der Waals surface area contributed by atoms with Crippen LogP contribution in [0, 0.1) is 0 Å². The van der Waals surface area contributed by atoms with Crippen molar-refractivity contribution in [3.63, 3.8) is 0 Å². The monoisotopic (exact) mass is 387 g/mol. The highest BCUT2D eigenvalue weighted by atomic mass is 35.5. The van der Waals surface area contributed by atoms with Crippen LogP contribution >= 0.6 is 11.6 Å². The van der Waals surface area contributed by atoms with Gasteiger partial charge in [-0.3, -0.25) is 9.88 Å². The lowest BCUT2D eigenvalue weighted by Crippen LogP contribution is -2.32. The molecule has 1 saturated heterocycles. The molecule has 0 aliphatic carbocycles. The second-order valence-electron chi connectivity index (χ2n) is 7.54. The number of hydrogen-bond donors (Lipinski definition) is 1. The van der Waals surface area contributed by atoms with Crippen LogP contribution in [0.25, 0.3) is 11.3 Å². The van der Waals surface area contributed by atoms with Crippen molar-refractivity contribution < 1.29 is 9.84 Å². The van der Waals surface area contributed by atoms with Crippen LogP contribution in [0.3, 0.4) is 0 Å². The highest BCUT2D eigenvalue weighted by molar-refractivity contribution is 6.30. The molecule has 1 N–H and O–H groups in total. The van der Waals surface area contributed by atoms with Crippen molar-refractivity contribution in [2.75, 3.05) is 33.3 Å². The third-order valence-electron chi connectivity index (χ3n) is 5.67. The minimum Gasteiger partial charge on any atom is -0.504 e. The second-order valence-corrected chi connectivity index (χ2v) is 7.97. The van der Waals surface area contributed by atoms with Gasteiger partial charge in [-0.1, -0.05) is 11.6 Å². The highest BCUT2D eigenvalue weighted by Crippen LogP contribution is 2.37. The van der Waals surface area contributed by atoms with E-state index < -0.39 is 0 Å². The minimum absolute atomic E-state index is 0.177. The van der Waals surface area contributed by atoms with E-state index in [1.165, 1.54) is 25.8 Å². The molecule has 1 aromatic heterocycles. The van der Waals surface area contributed by atoms with Crippen LogP contribution in [-0.2, 0) is 6.54 Å². The van der Waals surface area contributed by atoms with Crippen molar-refractivity contribution in [2.45, 2.75) is 31.8 Å². The predicted octanol–water partition coefficient (Wildman–Crippen LogP) is 3.79. The van der Waals surface area contributed by atoms with Gasteiger partial charge in [0.1, 0.15) is 6.61 Å². The van der Waals surface area contributed by atoms with E-state index in [9.17, 15) is 5.11 Å². The summed E-state index contributed by atoms with van der Waals surface area (Å²) in [5.74, 6) is 0.782. The molecular formula is C21H26ClN3O2. The first-order valence-electron chi connectivity index (χ1n) is 9.63. The van der Waals surface area contributed by atoms with Crippen LogP contribution in [-0.4, -0.2) is 59.2 Å². The molecule has 0 bridgehead atoms. The number of phenols is 1. The quantitative estimate of drug-likeness (QED) is 0.865. The molecule has 144 valence electrons. The molecule has 3 heterocycles. The van der Waals surface area contributed by atoms with Gasteiger partial charge in [-0.25, -0.2) is 0 Å². The zero-order valence-corrected chi connectivity index (χ0v) is 16.5. The van der Waals surface area contributed by atoms with Gasteiger partial charge in [-0.2, -0.15) is 0 Å². The topological polar surface area (TPSA) is 48.8 Å². The van der Waals surface area contributed by atoms with E-state index in [1.54, 1.807) is 12.3 Å². The normalized spacial score (nSPS) is 20.9. The molecule has 2 aromatic rings. The van der Waals surface area contributed by atoms with Crippen molar-refractivity contribution in [2.24, 2.45) is 0 Å². The van der Waals surface area contributed by atoms with Gasteiger partial charge in [0, 0.05) is 43.0 Å². The van der Waals surface area contributed by atoms with Crippen molar-refractivity contribution in [1.82, 2.24) is 14.8 Å². The second kappa shape index (κ2) is 8.05. The first kappa shape index (κ1) is 18.5. The van der Waals surface area contributed by atoms with Gasteiger partial charge in [0.2, 0.25) is 0 Å². The summed E-state index contributed by atoms with van der Waals surface area (Å²) in [4.78, 5) is 9.27. The molecule has 5 nitrogen and oxygen atoms in total. The Kier molecular flexibility index (Phi) is 5.53. The van der Waals surface area contributed by atoms with Crippen LogP contribution in [0.15, 0.2) is 30.5 Å². The largest absolute Gasteiger partial charge is 0.504 e. The SMILES string of the molecule is CN1CCC[C@@H]1CCN1CCOc2c(O)cc(-c3ccc(Cl)cn3)cc2C1. The van der Waals surface area contributed by atoms with Gasteiger partial charge >= 0.3 is 0 Å². The molecule has 27 heavy (non-hydrogen) atoms. The summed E-state index contributed by atoms with van der Waals surface area (Å²) < 4.78 is 5.87. The smallest absolute Gasteiger partial charge is 0.165 e. The summed E-state index contributed by atoms with van der Waals surface area (Å²) in [6.45, 7) is 4.50. The third-order valence-corrected chi connectivity index (χ3v) is 5.89. The number of phenolic OH excluding ortho intramolecular Hbond substituents is 1.